The number of carbonyl (C=O) groups excluding carboxylic acids is 1. The number of sulfonamides is 1. The summed E-state index contributed by atoms with van der Waals surface area (Å²) in [5.41, 5.74) is 2.47. The topological polar surface area (TPSA) is 114 Å². The molecule has 4 aromatic rings. The quantitative estimate of drug-likeness (QED) is 0.466. The lowest BCUT2D eigenvalue weighted by atomic mass is 10.1. The number of fused-ring (bicyclic) bond motifs is 2. The number of benzene rings is 2. The highest BCUT2D eigenvalue weighted by atomic mass is 32.2. The molecule has 1 atom stereocenters. The van der Waals surface area contributed by atoms with Gasteiger partial charge >= 0.3 is 5.97 Å². The lowest BCUT2D eigenvalue weighted by Gasteiger charge is -2.16. The molecule has 0 aliphatic carbocycles. The van der Waals surface area contributed by atoms with Crippen molar-refractivity contribution in [2.45, 2.75) is 17.4 Å². The van der Waals surface area contributed by atoms with E-state index in [0.29, 0.717) is 5.52 Å². The molecule has 4 rings (SSSR count). The Morgan fingerprint density at radius 2 is 2.04 bits per heavy atom. The van der Waals surface area contributed by atoms with Gasteiger partial charge in [0.2, 0.25) is 10.0 Å². The van der Waals surface area contributed by atoms with Crippen LogP contribution in [0.5, 0.6) is 0 Å². The second-order valence-electron chi connectivity index (χ2n) is 6.15. The van der Waals surface area contributed by atoms with Gasteiger partial charge in [-0.3, -0.25) is 4.79 Å². The van der Waals surface area contributed by atoms with Crippen LogP contribution in [0.4, 0.5) is 0 Å². The minimum atomic E-state index is -4.02. The van der Waals surface area contributed by atoms with E-state index in [2.05, 4.69) is 18.5 Å². The van der Waals surface area contributed by atoms with E-state index in [1.807, 2.05) is 24.3 Å². The minimum absolute atomic E-state index is 0.0217. The molecule has 2 heterocycles. The number of nitrogens with one attached hydrogen (secondary N) is 2. The first-order valence-electron chi connectivity index (χ1n) is 8.36. The second-order valence-corrected chi connectivity index (χ2v) is 8.36. The van der Waals surface area contributed by atoms with Gasteiger partial charge in [0.15, 0.2) is 0 Å². The van der Waals surface area contributed by atoms with E-state index in [9.17, 15) is 13.2 Å². The Kier molecular flexibility index (Phi) is 4.84. The molecule has 0 spiro atoms. The van der Waals surface area contributed by atoms with Crippen LogP contribution in [-0.4, -0.2) is 41.3 Å². The van der Waals surface area contributed by atoms with Crippen molar-refractivity contribution in [2.24, 2.45) is 0 Å². The number of aromatic amines is 1. The van der Waals surface area contributed by atoms with Gasteiger partial charge in [-0.15, -0.1) is 0 Å². The summed E-state index contributed by atoms with van der Waals surface area (Å²) in [4.78, 5) is 15.4. The second kappa shape index (κ2) is 7.30. The van der Waals surface area contributed by atoms with Crippen LogP contribution in [0.2, 0.25) is 0 Å². The maximum absolute atomic E-state index is 13.0. The molecule has 144 valence electrons. The fourth-order valence-electron chi connectivity index (χ4n) is 3.08. The molecular weight excluding hydrogens is 400 g/mol. The number of carbonyl (C=O) groups is 1. The van der Waals surface area contributed by atoms with Crippen molar-refractivity contribution in [2.75, 3.05) is 7.11 Å². The third-order valence-corrected chi connectivity index (χ3v) is 6.47. The van der Waals surface area contributed by atoms with Crippen molar-refractivity contribution >= 4 is 49.7 Å². The van der Waals surface area contributed by atoms with Gasteiger partial charge in [0, 0.05) is 23.5 Å². The lowest BCUT2D eigenvalue weighted by Crippen LogP contribution is -2.43. The number of para-hydroxylation sites is 1. The number of esters is 1. The first kappa shape index (κ1) is 18.5. The molecule has 2 aromatic carbocycles. The number of hydrogen-bond donors (Lipinski definition) is 2. The van der Waals surface area contributed by atoms with Gasteiger partial charge in [0.1, 0.15) is 22.0 Å². The van der Waals surface area contributed by atoms with Gasteiger partial charge in [-0.25, -0.2) is 8.42 Å². The van der Waals surface area contributed by atoms with Crippen molar-refractivity contribution < 1.29 is 17.9 Å². The Morgan fingerprint density at radius 3 is 2.86 bits per heavy atom. The summed E-state index contributed by atoms with van der Waals surface area (Å²) >= 11 is 0.930. The summed E-state index contributed by atoms with van der Waals surface area (Å²) in [6.45, 7) is 0. The summed E-state index contributed by atoms with van der Waals surface area (Å²) in [5.74, 6) is -0.669. The van der Waals surface area contributed by atoms with E-state index in [1.165, 1.54) is 13.2 Å². The number of ether oxygens (including phenoxy) is 1. The molecule has 2 aromatic heterocycles. The average Bonchev–Trinajstić information content (AvgIpc) is 3.33. The molecule has 10 heteroatoms. The van der Waals surface area contributed by atoms with Gasteiger partial charge in [-0.2, -0.15) is 13.5 Å². The van der Waals surface area contributed by atoms with E-state index in [0.717, 1.165) is 28.2 Å². The van der Waals surface area contributed by atoms with Crippen molar-refractivity contribution in [1.82, 2.24) is 18.5 Å². The van der Waals surface area contributed by atoms with Gasteiger partial charge in [0.25, 0.3) is 0 Å². The number of methoxy groups -OCH3 is 1. The molecule has 0 fully saturated rings. The zero-order valence-corrected chi connectivity index (χ0v) is 16.4. The van der Waals surface area contributed by atoms with Crippen LogP contribution in [0.3, 0.4) is 0 Å². The van der Waals surface area contributed by atoms with E-state index in [-0.39, 0.29) is 16.8 Å². The van der Waals surface area contributed by atoms with Gasteiger partial charge in [-0.05, 0) is 23.8 Å². The highest BCUT2D eigenvalue weighted by Crippen LogP contribution is 2.23. The predicted molar refractivity (Wildman–Crippen MR) is 106 cm³/mol. The summed E-state index contributed by atoms with van der Waals surface area (Å²) in [5, 5.41) is 0.918. The van der Waals surface area contributed by atoms with E-state index in [1.54, 1.807) is 18.3 Å². The number of hydrogen-bond acceptors (Lipinski definition) is 7. The standard InChI is InChI=1S/C18H16N4O4S2/c1-26-18(23)15(9-11-10-19-13-6-3-2-5-12(11)13)22-28(24,25)16-8-4-7-14-17(16)21-27-20-14/h2-8,10,15,19,22H,9H2,1H3/t15-/m0/s1. The molecule has 0 saturated heterocycles. The summed E-state index contributed by atoms with van der Waals surface area (Å²) in [6, 6.07) is 11.2. The SMILES string of the molecule is COC(=O)[C@H](Cc1c[nH]c2ccccc12)NS(=O)(=O)c1cccc2nsnc12. The largest absolute Gasteiger partial charge is 0.468 e. The van der Waals surface area contributed by atoms with Gasteiger partial charge < -0.3 is 9.72 Å². The minimum Gasteiger partial charge on any atom is -0.468 e. The lowest BCUT2D eigenvalue weighted by molar-refractivity contribution is -0.142. The molecule has 0 bridgehead atoms. The zero-order valence-electron chi connectivity index (χ0n) is 14.7. The van der Waals surface area contributed by atoms with Crippen LogP contribution in [0.1, 0.15) is 5.56 Å². The van der Waals surface area contributed by atoms with Gasteiger partial charge in [-0.1, -0.05) is 24.3 Å². The van der Waals surface area contributed by atoms with Crippen molar-refractivity contribution in [3.05, 3.63) is 54.2 Å². The van der Waals surface area contributed by atoms with Gasteiger partial charge in [0.05, 0.1) is 18.8 Å². The van der Waals surface area contributed by atoms with Crippen LogP contribution in [0, 0.1) is 0 Å². The molecule has 0 aliphatic heterocycles. The monoisotopic (exact) mass is 416 g/mol. The smallest absolute Gasteiger partial charge is 0.324 e. The van der Waals surface area contributed by atoms with E-state index >= 15 is 0 Å². The molecule has 2 N–H and O–H groups in total. The maximum atomic E-state index is 13.0. The number of H-pyrrole nitrogens is 1. The number of rotatable bonds is 6. The normalized spacial score (nSPS) is 13.0. The molecule has 28 heavy (non-hydrogen) atoms. The van der Waals surface area contributed by atoms with Crippen LogP contribution in [-0.2, 0) is 26.0 Å². The average molecular weight is 416 g/mol. The number of nitrogens with zero attached hydrogens (tertiary/aromatic N) is 2. The third-order valence-electron chi connectivity index (χ3n) is 4.42. The molecule has 0 aliphatic rings. The fourth-order valence-corrected chi connectivity index (χ4v) is 5.04. The number of aromatic nitrogens is 3. The first-order valence-corrected chi connectivity index (χ1v) is 10.6. The third kappa shape index (κ3) is 3.37. The Morgan fingerprint density at radius 1 is 1.21 bits per heavy atom. The summed E-state index contributed by atoms with van der Waals surface area (Å²) in [6.07, 6.45) is 1.90. The van der Waals surface area contributed by atoms with Crippen LogP contribution >= 0.6 is 11.7 Å². The van der Waals surface area contributed by atoms with Crippen molar-refractivity contribution in [1.29, 1.82) is 0 Å². The van der Waals surface area contributed by atoms with Crippen LogP contribution in [0.15, 0.2) is 53.6 Å². The molecule has 0 unspecified atom stereocenters. The van der Waals surface area contributed by atoms with E-state index < -0.39 is 22.0 Å². The molecule has 0 saturated carbocycles. The molecule has 8 nitrogen and oxygen atoms in total. The van der Waals surface area contributed by atoms with Crippen LogP contribution < -0.4 is 4.72 Å². The van der Waals surface area contributed by atoms with E-state index in [4.69, 9.17) is 4.74 Å². The molecule has 0 amide bonds. The van der Waals surface area contributed by atoms with Crippen molar-refractivity contribution in [3.63, 3.8) is 0 Å². The molecular formula is C18H16N4O4S2. The highest BCUT2D eigenvalue weighted by Gasteiger charge is 2.29. The summed E-state index contributed by atoms with van der Waals surface area (Å²) in [7, 11) is -2.80. The zero-order chi connectivity index (χ0) is 19.7. The first-order chi connectivity index (χ1) is 13.5. The Balaban J connectivity index is 1.68. The Labute approximate surface area is 164 Å². The summed E-state index contributed by atoms with van der Waals surface area (Å²) < 4.78 is 41.4. The fraction of sp³-hybridized carbons (Fsp3) is 0.167. The van der Waals surface area contributed by atoms with Crippen LogP contribution in [0.25, 0.3) is 21.9 Å². The van der Waals surface area contributed by atoms with Crippen molar-refractivity contribution in [3.8, 4) is 0 Å². The predicted octanol–water partition coefficient (Wildman–Crippen LogP) is 2.24. The Bertz CT molecular complexity index is 1260. The molecule has 0 radical (unpaired) electrons. The maximum Gasteiger partial charge on any atom is 0.324 e. The highest BCUT2D eigenvalue weighted by molar-refractivity contribution is 7.89. The Hall–Kier alpha value is -2.82.